The van der Waals surface area contributed by atoms with Crippen molar-refractivity contribution in [3.8, 4) is 28.6 Å². The summed E-state index contributed by atoms with van der Waals surface area (Å²) in [6.45, 7) is 0. The molecular weight excluding hydrogens is 308 g/mol. The number of benzene rings is 1. The predicted molar refractivity (Wildman–Crippen MR) is 90.0 cm³/mol. The second-order valence-corrected chi connectivity index (χ2v) is 5.62. The van der Waals surface area contributed by atoms with E-state index in [9.17, 15) is 4.79 Å². The fourth-order valence-corrected chi connectivity index (χ4v) is 2.57. The molecule has 1 N–H and O–H groups in total. The van der Waals surface area contributed by atoms with Crippen molar-refractivity contribution < 1.29 is 0 Å². The van der Waals surface area contributed by atoms with Gasteiger partial charge >= 0.3 is 0 Å². The molecule has 3 aromatic rings. The minimum absolute atomic E-state index is 0.179. The molecule has 0 amide bonds. The number of H-pyrrole nitrogens is 1. The van der Waals surface area contributed by atoms with Crippen LogP contribution in [-0.4, -0.2) is 21.2 Å². The van der Waals surface area contributed by atoms with Crippen molar-refractivity contribution in [2.45, 2.75) is 4.90 Å². The molecule has 0 saturated carbocycles. The number of nitrogens with one attached hydrogen (secondary N) is 1. The molecule has 23 heavy (non-hydrogen) atoms. The Bertz CT molecular complexity index is 942. The molecule has 6 heteroatoms. The molecule has 0 fully saturated rings. The van der Waals surface area contributed by atoms with Crippen molar-refractivity contribution in [3.63, 3.8) is 0 Å². The van der Waals surface area contributed by atoms with E-state index >= 15 is 0 Å². The summed E-state index contributed by atoms with van der Waals surface area (Å²) >= 11 is 1.64. The monoisotopic (exact) mass is 320 g/mol. The van der Waals surface area contributed by atoms with E-state index in [0.717, 1.165) is 10.5 Å². The summed E-state index contributed by atoms with van der Waals surface area (Å²) in [7, 11) is 0. The number of aromatic nitrogens is 3. The van der Waals surface area contributed by atoms with Gasteiger partial charge in [-0.1, -0.05) is 12.1 Å². The van der Waals surface area contributed by atoms with Gasteiger partial charge in [0, 0.05) is 28.4 Å². The van der Waals surface area contributed by atoms with Gasteiger partial charge in [-0.25, -0.2) is 9.97 Å². The lowest BCUT2D eigenvalue weighted by Crippen LogP contribution is -2.08. The second-order valence-electron chi connectivity index (χ2n) is 4.74. The largest absolute Gasteiger partial charge is 0.328 e. The first-order valence-electron chi connectivity index (χ1n) is 6.82. The van der Waals surface area contributed by atoms with Crippen molar-refractivity contribution >= 4 is 11.8 Å². The fraction of sp³-hybridized carbons (Fsp3) is 0.0588. The van der Waals surface area contributed by atoms with E-state index in [0.29, 0.717) is 17.0 Å². The van der Waals surface area contributed by atoms with Crippen LogP contribution >= 0.6 is 11.8 Å². The molecule has 0 bridgehead atoms. The molecule has 0 radical (unpaired) electrons. The van der Waals surface area contributed by atoms with Crippen LogP contribution < -0.4 is 5.56 Å². The third-order valence-electron chi connectivity index (χ3n) is 3.33. The molecule has 3 rings (SSSR count). The molecule has 0 saturated heterocycles. The Morgan fingerprint density at radius 3 is 2.65 bits per heavy atom. The van der Waals surface area contributed by atoms with E-state index in [1.54, 1.807) is 24.0 Å². The van der Waals surface area contributed by atoms with Crippen LogP contribution in [0.25, 0.3) is 22.5 Å². The smallest absolute Gasteiger partial charge is 0.255 e. The van der Waals surface area contributed by atoms with Gasteiger partial charge in [0.1, 0.15) is 11.8 Å². The lowest BCUT2D eigenvalue weighted by molar-refractivity contribution is 1.13. The van der Waals surface area contributed by atoms with Crippen LogP contribution in [0.4, 0.5) is 0 Å². The molecule has 0 atom stereocenters. The Balaban J connectivity index is 2.08. The number of nitrogens with zero attached hydrogens (tertiary/aromatic N) is 3. The number of thioether (sulfide) groups is 1. The lowest BCUT2D eigenvalue weighted by Gasteiger charge is -2.05. The van der Waals surface area contributed by atoms with Crippen molar-refractivity contribution in [1.82, 2.24) is 15.0 Å². The Morgan fingerprint density at radius 1 is 1.17 bits per heavy atom. The molecule has 0 unspecified atom stereocenters. The third kappa shape index (κ3) is 3.15. The zero-order valence-electron chi connectivity index (χ0n) is 12.3. The van der Waals surface area contributed by atoms with Gasteiger partial charge in [0.05, 0.1) is 0 Å². The highest BCUT2D eigenvalue weighted by molar-refractivity contribution is 7.98. The van der Waals surface area contributed by atoms with Crippen LogP contribution in [0.5, 0.6) is 0 Å². The highest BCUT2D eigenvalue weighted by atomic mass is 32.2. The van der Waals surface area contributed by atoms with Gasteiger partial charge in [-0.15, -0.1) is 11.8 Å². The van der Waals surface area contributed by atoms with Crippen molar-refractivity contribution in [2.24, 2.45) is 0 Å². The van der Waals surface area contributed by atoms with Crippen LogP contribution in [0.15, 0.2) is 58.5 Å². The van der Waals surface area contributed by atoms with Crippen LogP contribution in [0.3, 0.4) is 0 Å². The first-order valence-corrected chi connectivity index (χ1v) is 8.04. The van der Waals surface area contributed by atoms with Crippen LogP contribution in [0, 0.1) is 11.3 Å². The summed E-state index contributed by atoms with van der Waals surface area (Å²) < 4.78 is 0. The van der Waals surface area contributed by atoms with Crippen LogP contribution in [-0.2, 0) is 0 Å². The highest BCUT2D eigenvalue weighted by Crippen LogP contribution is 2.23. The van der Waals surface area contributed by atoms with Gasteiger partial charge in [0.15, 0.2) is 5.82 Å². The Labute approximate surface area is 137 Å². The van der Waals surface area contributed by atoms with Gasteiger partial charge in [-0.05, 0) is 36.1 Å². The number of hydrogen-bond acceptors (Lipinski definition) is 5. The molecule has 112 valence electrons. The van der Waals surface area contributed by atoms with Gasteiger partial charge < -0.3 is 4.98 Å². The van der Waals surface area contributed by atoms with E-state index in [2.05, 4.69) is 15.0 Å². The maximum absolute atomic E-state index is 12.1. The first kappa shape index (κ1) is 15.0. The normalized spacial score (nSPS) is 10.3. The van der Waals surface area contributed by atoms with Crippen molar-refractivity contribution in [2.75, 3.05) is 6.26 Å². The summed E-state index contributed by atoms with van der Waals surface area (Å²) in [6.07, 6.45) is 5.08. The summed E-state index contributed by atoms with van der Waals surface area (Å²) in [5, 5.41) is 8.93. The van der Waals surface area contributed by atoms with Crippen molar-refractivity contribution in [3.05, 3.63) is 64.8 Å². The molecule has 0 aliphatic heterocycles. The Kier molecular flexibility index (Phi) is 4.22. The molecule has 2 heterocycles. The van der Waals surface area contributed by atoms with Gasteiger partial charge in [0.2, 0.25) is 0 Å². The number of pyridine rings is 1. The molecule has 0 aliphatic rings. The quantitative estimate of drug-likeness (QED) is 0.750. The molecule has 0 aliphatic carbocycles. The number of aromatic amines is 1. The predicted octanol–water partition coefficient (Wildman–Crippen LogP) is 3.09. The summed E-state index contributed by atoms with van der Waals surface area (Å²) in [5.74, 6) is 0.405. The van der Waals surface area contributed by atoms with E-state index in [4.69, 9.17) is 5.26 Å². The third-order valence-corrected chi connectivity index (χ3v) is 4.08. The minimum Gasteiger partial charge on any atom is -0.328 e. The lowest BCUT2D eigenvalue weighted by atomic mass is 10.1. The first-order chi connectivity index (χ1) is 11.2. The van der Waals surface area contributed by atoms with Crippen molar-refractivity contribution in [1.29, 1.82) is 5.26 Å². The zero-order chi connectivity index (χ0) is 16.2. The molecule has 2 aromatic heterocycles. The molecular formula is C17H12N4OS. The van der Waals surface area contributed by atoms with Crippen LogP contribution in [0.2, 0.25) is 0 Å². The molecule has 0 spiro atoms. The standard InChI is InChI=1S/C17H12N4OS/c1-23-14-4-2-11(3-5-14)15-8-12(10-20-17(15)22)16-19-7-6-13(9-18)21-16/h2-8,10H,1H3,(H,20,22). The van der Waals surface area contributed by atoms with Gasteiger partial charge in [-0.3, -0.25) is 4.79 Å². The average Bonchev–Trinajstić information content (AvgIpc) is 2.62. The van der Waals surface area contributed by atoms with Gasteiger partial charge in [-0.2, -0.15) is 5.26 Å². The Hall–Kier alpha value is -2.91. The molecule has 1 aromatic carbocycles. The van der Waals surface area contributed by atoms with Gasteiger partial charge in [0.25, 0.3) is 5.56 Å². The zero-order valence-corrected chi connectivity index (χ0v) is 13.1. The van der Waals surface area contributed by atoms with E-state index < -0.39 is 0 Å². The van der Waals surface area contributed by atoms with E-state index in [-0.39, 0.29) is 11.3 Å². The fourth-order valence-electron chi connectivity index (χ4n) is 2.16. The summed E-state index contributed by atoms with van der Waals surface area (Å²) in [5.41, 5.74) is 2.13. The summed E-state index contributed by atoms with van der Waals surface area (Å²) in [4.78, 5) is 24.3. The number of hydrogen-bond donors (Lipinski definition) is 1. The maximum atomic E-state index is 12.1. The maximum Gasteiger partial charge on any atom is 0.255 e. The van der Waals surface area contributed by atoms with E-state index in [1.807, 2.05) is 36.6 Å². The average molecular weight is 320 g/mol. The topological polar surface area (TPSA) is 82.4 Å². The van der Waals surface area contributed by atoms with E-state index in [1.165, 1.54) is 12.3 Å². The Morgan fingerprint density at radius 2 is 1.96 bits per heavy atom. The minimum atomic E-state index is -0.179. The molecule has 5 nitrogen and oxygen atoms in total. The second kappa shape index (κ2) is 6.46. The number of rotatable bonds is 3. The number of nitriles is 1. The SMILES string of the molecule is CSc1ccc(-c2cc(-c3nccc(C#N)n3)c[nH]c2=O)cc1. The summed E-state index contributed by atoms with van der Waals surface area (Å²) in [6, 6.07) is 13.0. The highest BCUT2D eigenvalue weighted by Gasteiger charge is 2.09. The van der Waals surface area contributed by atoms with Crippen LogP contribution in [0.1, 0.15) is 5.69 Å².